The minimum Gasteiger partial charge on any atom is -0.329 e. The Morgan fingerprint density at radius 1 is 1.44 bits per heavy atom. The minimum absolute atomic E-state index is 0.578. The lowest BCUT2D eigenvalue weighted by molar-refractivity contribution is 0.143. The van der Waals surface area contributed by atoms with Crippen molar-refractivity contribution in [2.45, 2.75) is 31.8 Å². The molecule has 1 rings (SSSR count). The Bertz CT molecular complexity index is 189. The van der Waals surface area contributed by atoms with E-state index in [9.17, 15) is 0 Å². The third kappa shape index (κ3) is 4.24. The molecule has 0 bridgehead atoms. The lowest BCUT2D eigenvalue weighted by atomic mass is 10.1. The fourth-order valence-corrected chi connectivity index (χ4v) is 3.11. The Morgan fingerprint density at radius 3 is 2.81 bits per heavy atom. The third-order valence-corrected chi connectivity index (χ3v) is 4.14. The van der Waals surface area contributed by atoms with Crippen LogP contribution < -0.4 is 5.73 Å². The van der Waals surface area contributed by atoms with E-state index in [1.807, 2.05) is 11.8 Å². The van der Waals surface area contributed by atoms with Gasteiger partial charge in [-0.05, 0) is 45.4 Å². The van der Waals surface area contributed by atoms with Crippen LogP contribution >= 0.6 is 11.8 Å². The van der Waals surface area contributed by atoms with Gasteiger partial charge in [-0.2, -0.15) is 11.8 Å². The summed E-state index contributed by atoms with van der Waals surface area (Å²) in [6.45, 7) is 6.75. The van der Waals surface area contributed by atoms with Crippen molar-refractivity contribution in [1.29, 1.82) is 0 Å². The van der Waals surface area contributed by atoms with Gasteiger partial charge in [-0.3, -0.25) is 4.90 Å². The van der Waals surface area contributed by atoms with Gasteiger partial charge in [0.1, 0.15) is 0 Å². The summed E-state index contributed by atoms with van der Waals surface area (Å²) >= 11 is 1.92. The summed E-state index contributed by atoms with van der Waals surface area (Å²) in [5, 5.41) is 0. The Hall–Kier alpha value is 0.230. The average molecular weight is 245 g/mol. The summed E-state index contributed by atoms with van der Waals surface area (Å²) in [5.41, 5.74) is 5.93. The SMILES string of the molecule is CSCCC(CN)N1CCCN(C)CC1C. The van der Waals surface area contributed by atoms with Crippen LogP contribution in [0.5, 0.6) is 0 Å². The maximum Gasteiger partial charge on any atom is 0.0229 e. The molecule has 2 N–H and O–H groups in total. The van der Waals surface area contributed by atoms with Gasteiger partial charge in [-0.15, -0.1) is 0 Å². The first-order valence-corrected chi connectivity index (χ1v) is 7.71. The zero-order chi connectivity index (χ0) is 12.0. The van der Waals surface area contributed by atoms with Crippen molar-refractivity contribution >= 4 is 11.8 Å². The second-order valence-corrected chi connectivity index (χ2v) is 5.86. The smallest absolute Gasteiger partial charge is 0.0229 e. The molecular formula is C12H27N3S. The number of nitrogens with zero attached hydrogens (tertiary/aromatic N) is 2. The van der Waals surface area contributed by atoms with E-state index in [-0.39, 0.29) is 0 Å². The highest BCUT2D eigenvalue weighted by atomic mass is 32.2. The van der Waals surface area contributed by atoms with Crippen LogP contribution in [0.2, 0.25) is 0 Å². The molecule has 0 spiro atoms. The quantitative estimate of drug-likeness (QED) is 0.786. The standard InChI is InChI=1S/C12H27N3S/c1-11-10-14(2)6-4-7-15(11)12(9-13)5-8-16-3/h11-12H,4-10,13H2,1-3H3. The van der Waals surface area contributed by atoms with E-state index in [1.54, 1.807) is 0 Å². The zero-order valence-electron chi connectivity index (χ0n) is 11.0. The molecule has 0 amide bonds. The predicted molar refractivity (Wildman–Crippen MR) is 74.1 cm³/mol. The molecule has 1 fully saturated rings. The zero-order valence-corrected chi connectivity index (χ0v) is 11.8. The van der Waals surface area contributed by atoms with E-state index >= 15 is 0 Å². The van der Waals surface area contributed by atoms with Crippen LogP contribution in [0.3, 0.4) is 0 Å². The largest absolute Gasteiger partial charge is 0.329 e. The van der Waals surface area contributed by atoms with E-state index in [0.717, 1.165) is 6.54 Å². The molecule has 1 saturated heterocycles. The molecule has 0 aliphatic carbocycles. The molecule has 0 aromatic heterocycles. The van der Waals surface area contributed by atoms with Gasteiger partial charge in [0, 0.05) is 31.7 Å². The number of nitrogens with two attached hydrogens (primary N) is 1. The molecule has 2 atom stereocenters. The van der Waals surface area contributed by atoms with E-state index in [2.05, 4.69) is 30.0 Å². The number of hydrogen-bond acceptors (Lipinski definition) is 4. The third-order valence-electron chi connectivity index (χ3n) is 3.49. The molecule has 96 valence electrons. The Morgan fingerprint density at radius 2 is 2.19 bits per heavy atom. The maximum absolute atomic E-state index is 5.93. The molecule has 1 heterocycles. The Balaban J connectivity index is 2.52. The summed E-state index contributed by atoms with van der Waals surface area (Å²) in [5.74, 6) is 1.22. The van der Waals surface area contributed by atoms with E-state index < -0.39 is 0 Å². The normalized spacial score (nSPS) is 26.6. The van der Waals surface area contributed by atoms with Crippen molar-refractivity contribution in [3.05, 3.63) is 0 Å². The highest BCUT2D eigenvalue weighted by molar-refractivity contribution is 7.98. The van der Waals surface area contributed by atoms with Crippen LogP contribution in [0, 0.1) is 0 Å². The molecule has 0 saturated carbocycles. The first-order chi connectivity index (χ1) is 7.69. The highest BCUT2D eigenvalue weighted by Crippen LogP contribution is 2.15. The average Bonchev–Trinajstić information content (AvgIpc) is 2.42. The van der Waals surface area contributed by atoms with Crippen LogP contribution in [0.25, 0.3) is 0 Å². The monoisotopic (exact) mass is 245 g/mol. The van der Waals surface area contributed by atoms with E-state index in [0.29, 0.717) is 12.1 Å². The van der Waals surface area contributed by atoms with Gasteiger partial charge in [0.2, 0.25) is 0 Å². The lowest BCUT2D eigenvalue weighted by Crippen LogP contribution is -2.48. The summed E-state index contributed by atoms with van der Waals surface area (Å²) in [6.07, 6.45) is 4.68. The number of thioether (sulfide) groups is 1. The Kier molecular flexibility index (Phi) is 6.73. The van der Waals surface area contributed by atoms with Crippen LogP contribution in [-0.4, -0.2) is 67.1 Å². The van der Waals surface area contributed by atoms with Crippen molar-refractivity contribution in [1.82, 2.24) is 9.80 Å². The van der Waals surface area contributed by atoms with Crippen LogP contribution in [0.15, 0.2) is 0 Å². The van der Waals surface area contributed by atoms with Crippen molar-refractivity contribution < 1.29 is 0 Å². The van der Waals surface area contributed by atoms with E-state index in [4.69, 9.17) is 5.73 Å². The predicted octanol–water partition coefficient (Wildman–Crippen LogP) is 1.09. The number of hydrogen-bond donors (Lipinski definition) is 1. The highest BCUT2D eigenvalue weighted by Gasteiger charge is 2.25. The molecule has 4 heteroatoms. The van der Waals surface area contributed by atoms with Gasteiger partial charge in [-0.1, -0.05) is 0 Å². The molecular weight excluding hydrogens is 218 g/mol. The molecule has 0 aromatic rings. The van der Waals surface area contributed by atoms with Crippen molar-refractivity contribution in [3.63, 3.8) is 0 Å². The number of rotatable bonds is 5. The number of likely N-dealkylation sites (N-methyl/N-ethyl adjacent to an activating group) is 1. The molecule has 1 aliphatic heterocycles. The molecule has 16 heavy (non-hydrogen) atoms. The fraction of sp³-hybridized carbons (Fsp3) is 1.00. The lowest BCUT2D eigenvalue weighted by Gasteiger charge is -2.35. The van der Waals surface area contributed by atoms with E-state index in [1.165, 1.54) is 38.2 Å². The van der Waals surface area contributed by atoms with Crippen molar-refractivity contribution in [2.24, 2.45) is 5.73 Å². The first-order valence-electron chi connectivity index (χ1n) is 6.32. The maximum atomic E-state index is 5.93. The summed E-state index contributed by atoms with van der Waals surface area (Å²) in [6, 6.07) is 1.22. The van der Waals surface area contributed by atoms with Gasteiger partial charge >= 0.3 is 0 Å². The van der Waals surface area contributed by atoms with Crippen LogP contribution in [0.4, 0.5) is 0 Å². The molecule has 1 aliphatic rings. The van der Waals surface area contributed by atoms with Crippen LogP contribution in [0.1, 0.15) is 19.8 Å². The Labute approximate surface area is 105 Å². The second-order valence-electron chi connectivity index (χ2n) is 4.87. The minimum atomic E-state index is 0.578. The van der Waals surface area contributed by atoms with Gasteiger partial charge in [0.15, 0.2) is 0 Å². The van der Waals surface area contributed by atoms with Crippen molar-refractivity contribution in [3.8, 4) is 0 Å². The topological polar surface area (TPSA) is 32.5 Å². The second kappa shape index (κ2) is 7.54. The van der Waals surface area contributed by atoms with Crippen molar-refractivity contribution in [2.75, 3.05) is 45.2 Å². The van der Waals surface area contributed by atoms with Crippen LogP contribution in [-0.2, 0) is 0 Å². The molecule has 0 aromatic carbocycles. The molecule has 2 unspecified atom stereocenters. The van der Waals surface area contributed by atoms with Gasteiger partial charge < -0.3 is 10.6 Å². The summed E-state index contributed by atoms with van der Waals surface area (Å²) < 4.78 is 0. The first kappa shape index (κ1) is 14.3. The summed E-state index contributed by atoms with van der Waals surface area (Å²) in [7, 11) is 2.22. The molecule has 0 radical (unpaired) electrons. The molecule has 3 nitrogen and oxygen atoms in total. The van der Waals surface area contributed by atoms with Gasteiger partial charge in [0.05, 0.1) is 0 Å². The fourth-order valence-electron chi connectivity index (χ4n) is 2.61. The summed E-state index contributed by atoms with van der Waals surface area (Å²) in [4.78, 5) is 5.06. The van der Waals surface area contributed by atoms with Gasteiger partial charge in [-0.25, -0.2) is 0 Å². The van der Waals surface area contributed by atoms with Gasteiger partial charge in [0.25, 0.3) is 0 Å².